The van der Waals surface area contributed by atoms with Crippen LogP contribution >= 0.6 is 0 Å². The van der Waals surface area contributed by atoms with Gasteiger partial charge in [0, 0.05) is 0 Å². The highest BCUT2D eigenvalue weighted by molar-refractivity contribution is 5.23. The van der Waals surface area contributed by atoms with Crippen molar-refractivity contribution in [1.82, 2.24) is 0 Å². The molecule has 14 heavy (non-hydrogen) atoms. The second-order valence-corrected chi connectivity index (χ2v) is 3.08. The van der Waals surface area contributed by atoms with Crippen LogP contribution in [0.3, 0.4) is 0 Å². The molecule has 0 heterocycles. The van der Waals surface area contributed by atoms with Crippen LogP contribution in [-0.4, -0.2) is 11.3 Å². The lowest BCUT2D eigenvalue weighted by Crippen LogP contribution is -2.41. The molecule has 0 aliphatic rings. The van der Waals surface area contributed by atoms with E-state index in [0.29, 0.717) is 0 Å². The Kier molecular flexibility index (Phi) is 2.85. The van der Waals surface area contributed by atoms with Crippen molar-refractivity contribution >= 4 is 0 Å². The minimum atomic E-state index is -4.64. The van der Waals surface area contributed by atoms with Crippen molar-refractivity contribution in [3.05, 3.63) is 35.9 Å². The minimum Gasteiger partial charge on any atom is -0.376 e. The summed E-state index contributed by atoms with van der Waals surface area (Å²) in [5, 5.41) is 9.50. The number of benzene rings is 1. The van der Waals surface area contributed by atoms with Crippen molar-refractivity contribution in [1.29, 1.82) is 0 Å². The average Bonchev–Trinajstić information content (AvgIpc) is 2.16. The molecule has 0 amide bonds. The van der Waals surface area contributed by atoms with Gasteiger partial charge in [0.25, 0.3) is 0 Å². The molecule has 0 aliphatic heterocycles. The van der Waals surface area contributed by atoms with Gasteiger partial charge in [-0.15, -0.1) is 0 Å². The van der Waals surface area contributed by atoms with E-state index >= 15 is 0 Å². The molecule has 0 spiro atoms. The highest BCUT2D eigenvalue weighted by Gasteiger charge is 2.53. The second kappa shape index (κ2) is 3.61. The van der Waals surface area contributed by atoms with Crippen LogP contribution in [-0.2, 0) is 5.60 Å². The SMILES string of the molecule is CC[C@](O)(c1ccccc1)C(F)(F)F. The first-order valence-electron chi connectivity index (χ1n) is 4.26. The van der Waals surface area contributed by atoms with E-state index in [1.807, 2.05) is 0 Å². The summed E-state index contributed by atoms with van der Waals surface area (Å²) in [6.07, 6.45) is -5.02. The summed E-state index contributed by atoms with van der Waals surface area (Å²) in [5.41, 5.74) is -2.84. The number of hydrogen-bond acceptors (Lipinski definition) is 1. The fraction of sp³-hybridized carbons (Fsp3) is 0.400. The first kappa shape index (κ1) is 11.0. The molecule has 0 unspecified atom stereocenters. The van der Waals surface area contributed by atoms with Gasteiger partial charge >= 0.3 is 6.18 Å². The van der Waals surface area contributed by atoms with E-state index in [2.05, 4.69) is 0 Å². The van der Waals surface area contributed by atoms with E-state index in [0.717, 1.165) is 0 Å². The molecule has 1 aromatic carbocycles. The molecule has 1 nitrogen and oxygen atoms in total. The number of aliphatic hydroxyl groups is 1. The van der Waals surface area contributed by atoms with Gasteiger partial charge in [-0.3, -0.25) is 0 Å². The van der Waals surface area contributed by atoms with Crippen LogP contribution in [0.4, 0.5) is 13.2 Å². The standard InChI is InChI=1S/C10H11F3O/c1-2-9(14,10(11,12)13)8-6-4-3-5-7-8/h3-7,14H,2H2,1H3/t9-/m0/s1. The molecular formula is C10H11F3O. The highest BCUT2D eigenvalue weighted by Crippen LogP contribution is 2.41. The fourth-order valence-electron chi connectivity index (χ4n) is 1.28. The van der Waals surface area contributed by atoms with Crippen molar-refractivity contribution < 1.29 is 18.3 Å². The molecule has 4 heteroatoms. The lowest BCUT2D eigenvalue weighted by Gasteiger charge is -2.29. The van der Waals surface area contributed by atoms with Crippen molar-refractivity contribution in [3.63, 3.8) is 0 Å². The Hall–Kier alpha value is -1.03. The largest absolute Gasteiger partial charge is 0.421 e. The molecular weight excluding hydrogens is 193 g/mol. The van der Waals surface area contributed by atoms with Gasteiger partial charge in [-0.1, -0.05) is 37.3 Å². The Balaban J connectivity index is 3.15. The molecule has 1 N–H and O–H groups in total. The van der Waals surface area contributed by atoms with Crippen LogP contribution in [0.2, 0.25) is 0 Å². The summed E-state index contributed by atoms with van der Waals surface area (Å²) in [6.45, 7) is 1.31. The van der Waals surface area contributed by atoms with Crippen LogP contribution < -0.4 is 0 Å². The van der Waals surface area contributed by atoms with Gasteiger partial charge in [0.05, 0.1) is 0 Å². The molecule has 1 aromatic rings. The topological polar surface area (TPSA) is 20.2 Å². The molecule has 0 saturated heterocycles. The van der Waals surface area contributed by atoms with Crippen LogP contribution in [0.25, 0.3) is 0 Å². The Bertz CT molecular complexity index is 294. The summed E-state index contributed by atoms with van der Waals surface area (Å²) in [4.78, 5) is 0. The lowest BCUT2D eigenvalue weighted by molar-refractivity contribution is -0.267. The molecule has 0 fully saturated rings. The number of rotatable bonds is 2. The normalized spacial score (nSPS) is 16.4. The molecule has 1 atom stereocenters. The molecule has 0 bridgehead atoms. The van der Waals surface area contributed by atoms with Gasteiger partial charge in [0.15, 0.2) is 5.60 Å². The minimum absolute atomic E-state index is 0.116. The van der Waals surface area contributed by atoms with Crippen molar-refractivity contribution in [2.24, 2.45) is 0 Å². The maximum absolute atomic E-state index is 12.5. The van der Waals surface area contributed by atoms with Gasteiger partial charge in [-0.2, -0.15) is 13.2 Å². The predicted octanol–water partition coefficient (Wildman–Crippen LogP) is 2.85. The average molecular weight is 204 g/mol. The maximum Gasteiger partial charge on any atom is 0.421 e. The third-order valence-electron chi connectivity index (χ3n) is 2.23. The Labute approximate surface area is 80.2 Å². The van der Waals surface area contributed by atoms with Crippen molar-refractivity contribution in [2.45, 2.75) is 25.1 Å². The van der Waals surface area contributed by atoms with Crippen molar-refractivity contribution in [3.8, 4) is 0 Å². The lowest BCUT2D eigenvalue weighted by atomic mass is 9.90. The predicted molar refractivity (Wildman–Crippen MR) is 46.7 cm³/mol. The summed E-state index contributed by atoms with van der Waals surface area (Å²) in [5.74, 6) is 0. The number of hydrogen-bond donors (Lipinski definition) is 1. The van der Waals surface area contributed by atoms with E-state index in [9.17, 15) is 18.3 Å². The Morgan fingerprint density at radius 2 is 1.64 bits per heavy atom. The van der Waals surface area contributed by atoms with Gasteiger partial charge in [0.2, 0.25) is 0 Å². The van der Waals surface area contributed by atoms with E-state index in [-0.39, 0.29) is 12.0 Å². The molecule has 0 aliphatic carbocycles. The highest BCUT2D eigenvalue weighted by atomic mass is 19.4. The monoisotopic (exact) mass is 204 g/mol. The summed E-state index contributed by atoms with van der Waals surface area (Å²) >= 11 is 0. The number of halogens is 3. The van der Waals surface area contributed by atoms with Crippen molar-refractivity contribution in [2.75, 3.05) is 0 Å². The zero-order valence-electron chi connectivity index (χ0n) is 7.67. The summed E-state index contributed by atoms with van der Waals surface area (Å²) < 4.78 is 37.6. The third kappa shape index (κ3) is 1.75. The molecule has 78 valence electrons. The molecule has 0 saturated carbocycles. The summed E-state index contributed by atoms with van der Waals surface area (Å²) in [7, 11) is 0. The van der Waals surface area contributed by atoms with Gasteiger partial charge < -0.3 is 5.11 Å². The quantitative estimate of drug-likeness (QED) is 0.785. The Morgan fingerprint density at radius 3 is 2.00 bits per heavy atom. The zero-order valence-corrected chi connectivity index (χ0v) is 7.67. The first-order chi connectivity index (χ1) is 6.42. The third-order valence-corrected chi connectivity index (χ3v) is 2.23. The van der Waals surface area contributed by atoms with E-state index in [4.69, 9.17) is 0 Å². The van der Waals surface area contributed by atoms with E-state index in [1.165, 1.54) is 31.2 Å². The fourth-order valence-corrected chi connectivity index (χ4v) is 1.28. The van der Waals surface area contributed by atoms with Gasteiger partial charge in [-0.25, -0.2) is 0 Å². The second-order valence-electron chi connectivity index (χ2n) is 3.08. The maximum atomic E-state index is 12.5. The molecule has 0 aromatic heterocycles. The first-order valence-corrected chi connectivity index (χ1v) is 4.26. The smallest absolute Gasteiger partial charge is 0.376 e. The van der Waals surface area contributed by atoms with E-state index in [1.54, 1.807) is 6.07 Å². The van der Waals surface area contributed by atoms with Gasteiger partial charge in [-0.05, 0) is 12.0 Å². The van der Waals surface area contributed by atoms with Crippen LogP contribution in [0.15, 0.2) is 30.3 Å². The van der Waals surface area contributed by atoms with Crippen LogP contribution in [0.1, 0.15) is 18.9 Å². The summed E-state index contributed by atoms with van der Waals surface area (Å²) in [6, 6.07) is 7.10. The van der Waals surface area contributed by atoms with Crippen LogP contribution in [0, 0.1) is 0 Å². The van der Waals surface area contributed by atoms with Crippen LogP contribution in [0.5, 0.6) is 0 Å². The Morgan fingerprint density at radius 1 is 1.14 bits per heavy atom. The molecule has 0 radical (unpaired) electrons. The van der Waals surface area contributed by atoms with Gasteiger partial charge in [0.1, 0.15) is 0 Å². The number of alkyl halides is 3. The zero-order chi connectivity index (χ0) is 10.8. The molecule has 1 rings (SSSR count). The van der Waals surface area contributed by atoms with E-state index < -0.39 is 11.8 Å².